The van der Waals surface area contributed by atoms with E-state index in [0.29, 0.717) is 6.42 Å². The molecule has 2 rings (SSSR count). The minimum atomic E-state index is -0.312. The van der Waals surface area contributed by atoms with Crippen LogP contribution in [-0.2, 0) is 16.0 Å². The fourth-order valence-corrected chi connectivity index (χ4v) is 2.41. The minimum absolute atomic E-state index is 0.0609. The van der Waals surface area contributed by atoms with Crippen LogP contribution in [0.3, 0.4) is 0 Å². The van der Waals surface area contributed by atoms with Gasteiger partial charge in [-0.05, 0) is 26.3 Å². The summed E-state index contributed by atoms with van der Waals surface area (Å²) in [7, 11) is 0. The maximum absolute atomic E-state index is 12.1. The molecule has 0 aromatic heterocycles. The lowest BCUT2D eigenvalue weighted by Crippen LogP contribution is -2.38. The van der Waals surface area contributed by atoms with E-state index in [1.54, 1.807) is 0 Å². The van der Waals surface area contributed by atoms with E-state index >= 15 is 0 Å². The molecule has 4 heteroatoms. The lowest BCUT2D eigenvalue weighted by atomic mass is 10.1. The zero-order valence-corrected chi connectivity index (χ0v) is 12.8. The molecular weight excluding hydrogens is 266 g/mol. The Hall–Kier alpha value is -1.65. The first-order valence-corrected chi connectivity index (χ1v) is 7.26. The van der Waals surface area contributed by atoms with Gasteiger partial charge in [0.1, 0.15) is 0 Å². The summed E-state index contributed by atoms with van der Waals surface area (Å²) in [6.07, 6.45) is 4.48. The second-order valence-corrected chi connectivity index (χ2v) is 6.36. The van der Waals surface area contributed by atoms with Crippen LogP contribution < -0.4 is 0 Å². The molecule has 0 aliphatic heterocycles. The first kappa shape index (κ1) is 15.7. The average Bonchev–Trinajstić information content (AvgIpc) is 2.85. The van der Waals surface area contributed by atoms with Crippen molar-refractivity contribution < 1.29 is 14.7 Å². The van der Waals surface area contributed by atoms with Crippen molar-refractivity contribution in [3.05, 3.63) is 48.0 Å². The van der Waals surface area contributed by atoms with E-state index in [1.165, 1.54) is 0 Å². The van der Waals surface area contributed by atoms with E-state index in [4.69, 9.17) is 4.74 Å². The monoisotopic (exact) mass is 289 g/mol. The van der Waals surface area contributed by atoms with Crippen LogP contribution in [-0.4, -0.2) is 33.9 Å². The van der Waals surface area contributed by atoms with Gasteiger partial charge < -0.3 is 4.74 Å². The van der Waals surface area contributed by atoms with Crippen molar-refractivity contribution in [1.29, 1.82) is 0 Å². The molecule has 1 aromatic carbocycles. The van der Waals surface area contributed by atoms with Gasteiger partial charge in [-0.1, -0.05) is 42.5 Å². The summed E-state index contributed by atoms with van der Waals surface area (Å²) in [6.45, 7) is 5.97. The molecule has 1 aliphatic rings. The van der Waals surface area contributed by atoms with Crippen molar-refractivity contribution in [1.82, 2.24) is 5.06 Å². The van der Waals surface area contributed by atoms with Gasteiger partial charge in [0, 0.05) is 6.42 Å². The highest BCUT2D eigenvalue weighted by molar-refractivity contribution is 5.78. The summed E-state index contributed by atoms with van der Waals surface area (Å²) in [5.41, 5.74) is 0.657. The van der Waals surface area contributed by atoms with E-state index in [0.717, 1.165) is 10.6 Å². The lowest BCUT2D eigenvalue weighted by Gasteiger charge is -2.26. The summed E-state index contributed by atoms with van der Waals surface area (Å²) in [6, 6.07) is 9.11. The zero-order chi connectivity index (χ0) is 15.5. The van der Waals surface area contributed by atoms with Gasteiger partial charge in [-0.15, -0.1) is 0 Å². The topological polar surface area (TPSA) is 49.8 Å². The van der Waals surface area contributed by atoms with Crippen LogP contribution in [0.25, 0.3) is 0 Å². The Bertz CT molecular complexity index is 505. The first-order valence-electron chi connectivity index (χ1n) is 7.26. The Kier molecular flexibility index (Phi) is 4.80. The number of carbonyl (C=O) groups is 1. The molecule has 1 aliphatic carbocycles. The number of rotatable bonds is 4. The van der Waals surface area contributed by atoms with Gasteiger partial charge in [0.05, 0.1) is 24.2 Å². The molecule has 114 valence electrons. The predicted octanol–water partition coefficient (Wildman–Crippen LogP) is 2.96. The van der Waals surface area contributed by atoms with Crippen molar-refractivity contribution in [2.45, 2.75) is 51.4 Å². The van der Waals surface area contributed by atoms with Crippen LogP contribution in [0.4, 0.5) is 0 Å². The number of hydroxylamine groups is 2. The molecule has 1 aromatic rings. The summed E-state index contributed by atoms with van der Waals surface area (Å²) in [5, 5.41) is 10.9. The molecule has 0 saturated carbocycles. The number of nitrogens with zero attached hydrogens (tertiary/aromatic N) is 1. The Morgan fingerprint density at radius 2 is 1.95 bits per heavy atom. The number of benzene rings is 1. The molecule has 0 spiro atoms. The minimum Gasteiger partial charge on any atom is -0.368 e. The van der Waals surface area contributed by atoms with Gasteiger partial charge in [-0.3, -0.25) is 10.0 Å². The van der Waals surface area contributed by atoms with Gasteiger partial charge in [0.15, 0.2) is 0 Å². The number of amides is 1. The van der Waals surface area contributed by atoms with Crippen LogP contribution >= 0.6 is 0 Å². The third-order valence-electron chi connectivity index (χ3n) is 3.29. The van der Waals surface area contributed by atoms with Crippen LogP contribution in [0.1, 0.15) is 32.8 Å². The summed E-state index contributed by atoms with van der Waals surface area (Å²) >= 11 is 0. The Morgan fingerprint density at radius 3 is 2.57 bits per heavy atom. The number of hydrogen-bond donors (Lipinski definition) is 1. The molecule has 1 amide bonds. The second kappa shape index (κ2) is 6.41. The van der Waals surface area contributed by atoms with Crippen LogP contribution in [0.2, 0.25) is 0 Å². The first-order chi connectivity index (χ1) is 9.85. The van der Waals surface area contributed by atoms with Crippen molar-refractivity contribution in [3.8, 4) is 0 Å². The lowest BCUT2D eigenvalue weighted by molar-refractivity contribution is -0.172. The Labute approximate surface area is 126 Å². The smallest absolute Gasteiger partial charge is 0.250 e. The van der Waals surface area contributed by atoms with E-state index < -0.39 is 0 Å². The molecule has 21 heavy (non-hydrogen) atoms. The highest BCUT2D eigenvalue weighted by Gasteiger charge is 2.29. The Morgan fingerprint density at radius 1 is 1.29 bits per heavy atom. The molecule has 0 unspecified atom stereocenters. The number of carbonyl (C=O) groups excluding carboxylic acids is 1. The normalized spacial score (nSPS) is 21.5. The molecule has 0 bridgehead atoms. The maximum Gasteiger partial charge on any atom is 0.250 e. The van der Waals surface area contributed by atoms with Gasteiger partial charge in [0.2, 0.25) is 0 Å². The van der Waals surface area contributed by atoms with Gasteiger partial charge in [0.25, 0.3) is 5.91 Å². The number of ether oxygens (including phenoxy) is 1. The largest absolute Gasteiger partial charge is 0.368 e. The fraction of sp³-hybridized carbons (Fsp3) is 0.471. The molecule has 0 saturated heterocycles. The molecule has 1 N–H and O–H groups in total. The van der Waals surface area contributed by atoms with Gasteiger partial charge in [-0.25, -0.2) is 5.06 Å². The molecule has 0 fully saturated rings. The van der Waals surface area contributed by atoms with Gasteiger partial charge in [-0.2, -0.15) is 0 Å². The van der Waals surface area contributed by atoms with Crippen molar-refractivity contribution in [2.75, 3.05) is 0 Å². The van der Waals surface area contributed by atoms with Crippen molar-refractivity contribution >= 4 is 5.91 Å². The number of hydrogen-bond acceptors (Lipinski definition) is 3. The summed E-state index contributed by atoms with van der Waals surface area (Å²) in [4.78, 5) is 12.1. The maximum atomic E-state index is 12.1. The third-order valence-corrected chi connectivity index (χ3v) is 3.29. The average molecular weight is 289 g/mol. The van der Waals surface area contributed by atoms with E-state index in [1.807, 2.05) is 63.3 Å². The third kappa shape index (κ3) is 4.69. The summed E-state index contributed by atoms with van der Waals surface area (Å²) < 4.78 is 5.84. The van der Waals surface area contributed by atoms with Crippen molar-refractivity contribution in [2.24, 2.45) is 0 Å². The molecule has 0 heterocycles. The standard InChI is InChI=1S/C17H23NO3/c1-17(2,3)21-15-10-9-14(12-15)18(20)16(19)11-13-7-5-4-6-8-13/h4-10,14-15,20H,11-12H2,1-3H3/t14-,15-/m0/s1. The molecule has 2 atom stereocenters. The van der Waals surface area contributed by atoms with Crippen LogP contribution in [0.15, 0.2) is 42.5 Å². The second-order valence-electron chi connectivity index (χ2n) is 6.36. The highest BCUT2D eigenvalue weighted by atomic mass is 16.5. The zero-order valence-electron chi connectivity index (χ0n) is 12.8. The predicted molar refractivity (Wildman–Crippen MR) is 80.9 cm³/mol. The van der Waals surface area contributed by atoms with Crippen molar-refractivity contribution in [3.63, 3.8) is 0 Å². The SMILES string of the molecule is CC(C)(C)O[C@H]1C=C[C@H](N(O)C(=O)Cc2ccccc2)C1. The summed E-state index contributed by atoms with van der Waals surface area (Å²) in [5.74, 6) is -0.299. The Balaban J connectivity index is 1.88. The van der Waals surface area contributed by atoms with E-state index in [-0.39, 0.29) is 30.1 Å². The fourth-order valence-electron chi connectivity index (χ4n) is 2.41. The quantitative estimate of drug-likeness (QED) is 0.527. The van der Waals surface area contributed by atoms with Crippen LogP contribution in [0.5, 0.6) is 0 Å². The molecule has 0 radical (unpaired) electrons. The van der Waals surface area contributed by atoms with E-state index in [9.17, 15) is 10.0 Å². The highest BCUT2D eigenvalue weighted by Crippen LogP contribution is 2.23. The van der Waals surface area contributed by atoms with Gasteiger partial charge >= 0.3 is 0 Å². The molecular formula is C17H23NO3. The molecule has 4 nitrogen and oxygen atoms in total. The van der Waals surface area contributed by atoms with Crippen LogP contribution in [0, 0.1) is 0 Å². The van der Waals surface area contributed by atoms with E-state index in [2.05, 4.69) is 0 Å².